The number of ether oxygens (including phenoxy) is 2. The van der Waals surface area contributed by atoms with Crippen molar-refractivity contribution in [1.82, 2.24) is 0 Å². The van der Waals surface area contributed by atoms with Crippen molar-refractivity contribution >= 4 is 35.0 Å². The number of halogens is 2. The maximum Gasteiger partial charge on any atom is 0.347 e. The molecule has 0 unspecified atom stereocenters. The van der Waals surface area contributed by atoms with Crippen LogP contribution in [-0.4, -0.2) is 24.5 Å². The molecule has 0 aliphatic carbocycles. The first-order chi connectivity index (χ1) is 11.0. The molecule has 2 rings (SSSR count). The number of hydrogen-bond donors (Lipinski definition) is 0. The molecule has 0 fully saturated rings. The van der Waals surface area contributed by atoms with Gasteiger partial charge >= 0.3 is 5.97 Å². The van der Waals surface area contributed by atoms with Gasteiger partial charge in [0.05, 0.1) is 0 Å². The minimum atomic E-state index is -0.839. The number of hydrogen-bond acceptors (Lipinski definition) is 4. The first-order valence-corrected chi connectivity index (χ1v) is 7.59. The van der Waals surface area contributed by atoms with Gasteiger partial charge in [0.25, 0.3) is 0 Å². The lowest BCUT2D eigenvalue weighted by molar-refractivity contribution is -0.149. The lowest BCUT2D eigenvalue weighted by atomic mass is 10.1. The van der Waals surface area contributed by atoms with Crippen LogP contribution in [0.3, 0.4) is 0 Å². The quantitative estimate of drug-likeness (QED) is 0.577. The summed E-state index contributed by atoms with van der Waals surface area (Å²) in [7, 11) is 0. The van der Waals surface area contributed by atoms with Crippen LogP contribution in [0.4, 0.5) is 0 Å². The summed E-state index contributed by atoms with van der Waals surface area (Å²) in [5, 5.41) is 1.10. The van der Waals surface area contributed by atoms with Crippen molar-refractivity contribution in [2.75, 3.05) is 6.61 Å². The first-order valence-electron chi connectivity index (χ1n) is 6.83. The molecule has 6 heteroatoms. The summed E-state index contributed by atoms with van der Waals surface area (Å²) in [6.07, 6.45) is -0.839. The second-order valence-electron chi connectivity index (χ2n) is 4.75. The standard InChI is InChI=1S/C17H14Cl2O4/c1-11(23-15-8-6-14(19)7-9-15)17(21)22-10-16(20)12-2-4-13(18)5-3-12/h2-9,11H,10H2,1H3/t11-/m0/s1. The lowest BCUT2D eigenvalue weighted by Crippen LogP contribution is -2.28. The van der Waals surface area contributed by atoms with Gasteiger partial charge < -0.3 is 9.47 Å². The Kier molecular flexibility index (Phi) is 6.02. The van der Waals surface area contributed by atoms with Crippen LogP contribution in [0.2, 0.25) is 10.0 Å². The van der Waals surface area contributed by atoms with Gasteiger partial charge in [0.1, 0.15) is 5.75 Å². The molecule has 1 atom stereocenters. The highest BCUT2D eigenvalue weighted by Gasteiger charge is 2.18. The third-order valence-electron chi connectivity index (χ3n) is 2.97. The van der Waals surface area contributed by atoms with Crippen LogP contribution in [0.5, 0.6) is 5.75 Å². The van der Waals surface area contributed by atoms with Gasteiger partial charge in [-0.15, -0.1) is 0 Å². The van der Waals surface area contributed by atoms with E-state index in [0.29, 0.717) is 21.4 Å². The van der Waals surface area contributed by atoms with Crippen molar-refractivity contribution in [3.8, 4) is 5.75 Å². The number of esters is 1. The van der Waals surface area contributed by atoms with Gasteiger partial charge in [-0.05, 0) is 55.5 Å². The molecule has 4 nitrogen and oxygen atoms in total. The third kappa shape index (κ3) is 5.27. The molecular weight excluding hydrogens is 339 g/mol. The minimum Gasteiger partial charge on any atom is -0.479 e. The van der Waals surface area contributed by atoms with E-state index in [1.54, 1.807) is 55.5 Å². The van der Waals surface area contributed by atoms with E-state index in [4.69, 9.17) is 32.7 Å². The number of rotatable bonds is 6. The van der Waals surface area contributed by atoms with Crippen molar-refractivity contribution in [3.05, 3.63) is 64.1 Å². The van der Waals surface area contributed by atoms with Gasteiger partial charge in [0.15, 0.2) is 18.5 Å². The predicted octanol–water partition coefficient (Wildman–Crippen LogP) is 4.19. The van der Waals surface area contributed by atoms with Crippen LogP contribution in [0, 0.1) is 0 Å². The van der Waals surface area contributed by atoms with E-state index in [-0.39, 0.29) is 12.4 Å². The number of carbonyl (C=O) groups excluding carboxylic acids is 2. The second kappa shape index (κ2) is 7.99. The smallest absolute Gasteiger partial charge is 0.347 e. The average molecular weight is 353 g/mol. The Morgan fingerprint density at radius 2 is 1.48 bits per heavy atom. The molecule has 0 aromatic heterocycles. The number of Topliss-reactive ketones (excluding diaryl/α,β-unsaturated/α-hetero) is 1. The van der Waals surface area contributed by atoms with Gasteiger partial charge in [-0.2, -0.15) is 0 Å². The summed E-state index contributed by atoms with van der Waals surface area (Å²) >= 11 is 11.5. The van der Waals surface area contributed by atoms with E-state index >= 15 is 0 Å². The SMILES string of the molecule is C[C@H](Oc1ccc(Cl)cc1)C(=O)OCC(=O)c1ccc(Cl)cc1. The van der Waals surface area contributed by atoms with Crippen LogP contribution in [0.15, 0.2) is 48.5 Å². The minimum absolute atomic E-state index is 0.311. The Bertz CT molecular complexity index is 681. The van der Waals surface area contributed by atoms with E-state index in [9.17, 15) is 9.59 Å². The first kappa shape index (κ1) is 17.3. The largest absolute Gasteiger partial charge is 0.479 e. The molecule has 23 heavy (non-hydrogen) atoms. The van der Waals surface area contributed by atoms with Crippen LogP contribution in [0.1, 0.15) is 17.3 Å². The number of benzene rings is 2. The topological polar surface area (TPSA) is 52.6 Å². The highest BCUT2D eigenvalue weighted by Crippen LogP contribution is 2.17. The molecule has 0 heterocycles. The summed E-state index contributed by atoms with van der Waals surface area (Å²) in [6.45, 7) is 1.19. The Morgan fingerprint density at radius 3 is 2.04 bits per heavy atom. The van der Waals surface area contributed by atoms with E-state index in [2.05, 4.69) is 0 Å². The van der Waals surface area contributed by atoms with Crippen molar-refractivity contribution in [2.45, 2.75) is 13.0 Å². The monoisotopic (exact) mass is 352 g/mol. The molecule has 2 aromatic rings. The molecule has 2 aromatic carbocycles. The molecule has 0 saturated carbocycles. The second-order valence-corrected chi connectivity index (χ2v) is 5.62. The summed E-state index contributed by atoms with van der Waals surface area (Å²) < 4.78 is 10.4. The van der Waals surface area contributed by atoms with Gasteiger partial charge in [0, 0.05) is 15.6 Å². The molecule has 0 N–H and O–H groups in total. The Hall–Kier alpha value is -2.04. The Labute approximate surface area is 143 Å². The van der Waals surface area contributed by atoms with Crippen molar-refractivity contribution in [2.24, 2.45) is 0 Å². The molecule has 0 aliphatic rings. The van der Waals surface area contributed by atoms with E-state index < -0.39 is 12.1 Å². The Morgan fingerprint density at radius 1 is 0.957 bits per heavy atom. The molecule has 0 aliphatic heterocycles. The zero-order valence-corrected chi connectivity index (χ0v) is 13.8. The highest BCUT2D eigenvalue weighted by molar-refractivity contribution is 6.30. The third-order valence-corrected chi connectivity index (χ3v) is 3.47. The molecular formula is C17H14Cl2O4. The molecule has 0 bridgehead atoms. The lowest BCUT2D eigenvalue weighted by Gasteiger charge is -2.13. The fourth-order valence-corrected chi connectivity index (χ4v) is 1.99. The molecule has 0 saturated heterocycles. The van der Waals surface area contributed by atoms with Gasteiger partial charge in [0.2, 0.25) is 0 Å². The zero-order chi connectivity index (χ0) is 16.8. The van der Waals surface area contributed by atoms with E-state index in [0.717, 1.165) is 0 Å². The molecule has 120 valence electrons. The van der Waals surface area contributed by atoms with Gasteiger partial charge in [-0.1, -0.05) is 23.2 Å². The fourth-order valence-electron chi connectivity index (χ4n) is 1.74. The van der Waals surface area contributed by atoms with Crippen molar-refractivity contribution < 1.29 is 19.1 Å². The van der Waals surface area contributed by atoms with Crippen LogP contribution >= 0.6 is 23.2 Å². The average Bonchev–Trinajstić information content (AvgIpc) is 2.55. The van der Waals surface area contributed by atoms with Gasteiger partial charge in [-0.25, -0.2) is 4.79 Å². The fraction of sp³-hybridized carbons (Fsp3) is 0.176. The number of carbonyl (C=O) groups is 2. The molecule has 0 radical (unpaired) electrons. The zero-order valence-electron chi connectivity index (χ0n) is 12.3. The van der Waals surface area contributed by atoms with E-state index in [1.807, 2.05) is 0 Å². The predicted molar refractivity (Wildman–Crippen MR) is 88.3 cm³/mol. The van der Waals surface area contributed by atoms with Crippen molar-refractivity contribution in [3.63, 3.8) is 0 Å². The summed E-state index contributed by atoms with van der Waals surface area (Å²) in [5.74, 6) is -0.446. The molecule has 0 amide bonds. The highest BCUT2D eigenvalue weighted by atomic mass is 35.5. The van der Waals surface area contributed by atoms with E-state index in [1.165, 1.54) is 0 Å². The number of ketones is 1. The van der Waals surface area contributed by atoms with Crippen molar-refractivity contribution in [1.29, 1.82) is 0 Å². The Balaban J connectivity index is 1.84. The maximum absolute atomic E-state index is 11.9. The maximum atomic E-state index is 11.9. The van der Waals surface area contributed by atoms with Crippen LogP contribution in [0.25, 0.3) is 0 Å². The molecule has 0 spiro atoms. The van der Waals surface area contributed by atoms with Gasteiger partial charge in [-0.3, -0.25) is 4.79 Å². The normalized spacial score (nSPS) is 11.6. The summed E-state index contributed by atoms with van der Waals surface area (Å²) in [4.78, 5) is 23.8. The van der Waals surface area contributed by atoms with Crippen LogP contribution < -0.4 is 4.74 Å². The van der Waals surface area contributed by atoms with Crippen LogP contribution in [-0.2, 0) is 9.53 Å². The summed E-state index contributed by atoms with van der Waals surface area (Å²) in [6, 6.07) is 12.9. The summed E-state index contributed by atoms with van der Waals surface area (Å²) in [5.41, 5.74) is 0.425.